The van der Waals surface area contributed by atoms with Crippen LogP contribution in [0.5, 0.6) is 0 Å². The minimum Gasteiger partial charge on any atom is -0.375 e. The van der Waals surface area contributed by atoms with Crippen molar-refractivity contribution in [2.75, 3.05) is 24.6 Å². The van der Waals surface area contributed by atoms with Crippen molar-refractivity contribution < 1.29 is 4.74 Å². The number of nitrogens with zero attached hydrogens (tertiary/aromatic N) is 1. The molecule has 2 unspecified atom stereocenters. The van der Waals surface area contributed by atoms with Gasteiger partial charge in [0.1, 0.15) is 0 Å². The molecule has 2 N–H and O–H groups in total. The molecule has 0 radical (unpaired) electrons. The second-order valence-corrected chi connectivity index (χ2v) is 5.48. The molecule has 0 bridgehead atoms. The molecular formula is C13H19BrN2O. The Morgan fingerprint density at radius 1 is 1.53 bits per heavy atom. The van der Waals surface area contributed by atoms with E-state index in [9.17, 15) is 0 Å². The average molecular weight is 299 g/mol. The van der Waals surface area contributed by atoms with Crippen LogP contribution in [-0.2, 0) is 4.74 Å². The van der Waals surface area contributed by atoms with Crippen molar-refractivity contribution in [3.05, 3.63) is 28.2 Å². The first-order valence-corrected chi connectivity index (χ1v) is 6.79. The molecule has 1 aromatic rings. The number of halogens is 1. The van der Waals surface area contributed by atoms with E-state index in [1.54, 1.807) is 0 Å². The van der Waals surface area contributed by atoms with Gasteiger partial charge in [-0.05, 0) is 31.5 Å². The van der Waals surface area contributed by atoms with Crippen molar-refractivity contribution in [1.82, 2.24) is 0 Å². The molecular weight excluding hydrogens is 280 g/mol. The number of morpholine rings is 1. The maximum Gasteiger partial charge on any atom is 0.0722 e. The van der Waals surface area contributed by atoms with Crippen LogP contribution >= 0.6 is 15.9 Å². The number of nitrogens with two attached hydrogens (primary N) is 1. The van der Waals surface area contributed by atoms with Gasteiger partial charge in [-0.3, -0.25) is 0 Å². The smallest absolute Gasteiger partial charge is 0.0722 e. The Bertz CT molecular complexity index is 395. The van der Waals surface area contributed by atoms with Crippen LogP contribution in [0.2, 0.25) is 0 Å². The Labute approximate surface area is 111 Å². The van der Waals surface area contributed by atoms with Crippen LogP contribution in [0.4, 0.5) is 5.69 Å². The molecule has 2 rings (SSSR count). The molecule has 0 aliphatic carbocycles. The normalized spacial score (nSPS) is 22.6. The van der Waals surface area contributed by atoms with Crippen LogP contribution in [0.3, 0.4) is 0 Å². The first-order chi connectivity index (χ1) is 8.08. The highest BCUT2D eigenvalue weighted by Crippen LogP contribution is 2.28. The predicted octanol–water partition coefficient (Wildman–Crippen LogP) is 2.69. The first-order valence-electron chi connectivity index (χ1n) is 5.99. The summed E-state index contributed by atoms with van der Waals surface area (Å²) in [6.07, 6.45) is 0.302. The third-order valence-corrected chi connectivity index (χ3v) is 3.77. The van der Waals surface area contributed by atoms with Crippen molar-refractivity contribution in [3.63, 3.8) is 0 Å². The second kappa shape index (κ2) is 5.38. The van der Waals surface area contributed by atoms with E-state index in [0.29, 0.717) is 6.10 Å². The highest BCUT2D eigenvalue weighted by molar-refractivity contribution is 9.10. The summed E-state index contributed by atoms with van der Waals surface area (Å²) in [6, 6.07) is 6.45. The van der Waals surface area contributed by atoms with Gasteiger partial charge in [-0.25, -0.2) is 0 Å². The fourth-order valence-corrected chi connectivity index (χ4v) is 2.86. The van der Waals surface area contributed by atoms with Gasteiger partial charge in [-0.2, -0.15) is 0 Å². The van der Waals surface area contributed by atoms with Crippen molar-refractivity contribution in [2.45, 2.75) is 26.0 Å². The SMILES string of the molecule is CC1CN(c2ccc(C(C)N)c(Br)c2)CCO1. The Hall–Kier alpha value is -0.580. The molecule has 4 heteroatoms. The van der Waals surface area contributed by atoms with Crippen molar-refractivity contribution in [3.8, 4) is 0 Å². The summed E-state index contributed by atoms with van der Waals surface area (Å²) in [5.74, 6) is 0. The number of anilines is 1. The summed E-state index contributed by atoms with van der Waals surface area (Å²) in [5, 5.41) is 0. The lowest BCUT2D eigenvalue weighted by atomic mass is 10.1. The van der Waals surface area contributed by atoms with E-state index < -0.39 is 0 Å². The lowest BCUT2D eigenvalue weighted by molar-refractivity contribution is 0.0532. The molecule has 1 heterocycles. The van der Waals surface area contributed by atoms with E-state index in [1.807, 2.05) is 6.92 Å². The molecule has 0 amide bonds. The molecule has 2 atom stereocenters. The van der Waals surface area contributed by atoms with E-state index >= 15 is 0 Å². The standard InChI is InChI=1S/C13H19BrN2O/c1-9-8-16(5-6-17-9)11-3-4-12(10(2)15)13(14)7-11/h3-4,7,9-10H,5-6,8,15H2,1-2H3. The maximum absolute atomic E-state index is 5.90. The number of hydrogen-bond acceptors (Lipinski definition) is 3. The largest absolute Gasteiger partial charge is 0.375 e. The van der Waals surface area contributed by atoms with E-state index in [1.165, 1.54) is 5.69 Å². The molecule has 1 saturated heterocycles. The van der Waals surface area contributed by atoms with Crippen molar-refractivity contribution in [1.29, 1.82) is 0 Å². The second-order valence-electron chi connectivity index (χ2n) is 4.62. The summed E-state index contributed by atoms with van der Waals surface area (Å²) >= 11 is 3.59. The Balaban J connectivity index is 2.19. The zero-order valence-corrected chi connectivity index (χ0v) is 11.9. The van der Waals surface area contributed by atoms with Crippen LogP contribution in [0.1, 0.15) is 25.5 Å². The van der Waals surface area contributed by atoms with Gasteiger partial charge in [-0.1, -0.05) is 22.0 Å². The number of benzene rings is 1. The van der Waals surface area contributed by atoms with Gasteiger partial charge in [0.05, 0.1) is 12.7 Å². The topological polar surface area (TPSA) is 38.5 Å². The van der Waals surface area contributed by atoms with E-state index in [4.69, 9.17) is 10.5 Å². The van der Waals surface area contributed by atoms with Crippen LogP contribution in [0, 0.1) is 0 Å². The molecule has 3 nitrogen and oxygen atoms in total. The fourth-order valence-electron chi connectivity index (χ4n) is 2.13. The molecule has 1 aliphatic rings. The zero-order chi connectivity index (χ0) is 12.4. The molecule has 0 aromatic heterocycles. The van der Waals surface area contributed by atoms with Crippen LogP contribution in [0.15, 0.2) is 22.7 Å². The quantitative estimate of drug-likeness (QED) is 0.912. The minimum absolute atomic E-state index is 0.0574. The first kappa shape index (κ1) is 12.9. The predicted molar refractivity (Wildman–Crippen MR) is 74.4 cm³/mol. The summed E-state index contributed by atoms with van der Waals surface area (Å²) in [5.41, 5.74) is 8.28. The van der Waals surface area contributed by atoms with Gasteiger partial charge in [-0.15, -0.1) is 0 Å². The maximum atomic E-state index is 5.90. The van der Waals surface area contributed by atoms with Crippen molar-refractivity contribution >= 4 is 21.6 Å². The molecule has 17 heavy (non-hydrogen) atoms. The average Bonchev–Trinajstić information content (AvgIpc) is 2.28. The lowest BCUT2D eigenvalue weighted by Gasteiger charge is -2.33. The minimum atomic E-state index is 0.0574. The third-order valence-electron chi connectivity index (χ3n) is 3.08. The molecule has 1 aromatic carbocycles. The van der Waals surface area contributed by atoms with E-state index in [0.717, 1.165) is 29.7 Å². The number of rotatable bonds is 2. The molecule has 94 valence electrons. The highest BCUT2D eigenvalue weighted by atomic mass is 79.9. The summed E-state index contributed by atoms with van der Waals surface area (Å²) in [4.78, 5) is 2.35. The van der Waals surface area contributed by atoms with Gasteiger partial charge in [0.25, 0.3) is 0 Å². The Morgan fingerprint density at radius 3 is 2.88 bits per heavy atom. The Kier molecular flexibility index (Phi) is 4.07. The van der Waals surface area contributed by atoms with Gasteiger partial charge in [0.15, 0.2) is 0 Å². The summed E-state index contributed by atoms with van der Waals surface area (Å²) < 4.78 is 6.64. The van der Waals surface area contributed by atoms with Crippen LogP contribution in [-0.4, -0.2) is 25.8 Å². The zero-order valence-electron chi connectivity index (χ0n) is 10.3. The summed E-state index contributed by atoms with van der Waals surface area (Å²) in [6.45, 7) is 6.81. The van der Waals surface area contributed by atoms with Gasteiger partial charge in [0, 0.05) is 29.3 Å². The molecule has 0 saturated carbocycles. The van der Waals surface area contributed by atoms with Gasteiger partial charge in [0.2, 0.25) is 0 Å². The lowest BCUT2D eigenvalue weighted by Crippen LogP contribution is -2.41. The Morgan fingerprint density at radius 2 is 2.29 bits per heavy atom. The molecule has 1 aliphatic heterocycles. The highest BCUT2D eigenvalue weighted by Gasteiger charge is 2.17. The fraction of sp³-hybridized carbons (Fsp3) is 0.538. The third kappa shape index (κ3) is 3.00. The van der Waals surface area contributed by atoms with Crippen molar-refractivity contribution in [2.24, 2.45) is 5.73 Å². The monoisotopic (exact) mass is 298 g/mol. The summed E-state index contributed by atoms with van der Waals surface area (Å²) in [7, 11) is 0. The van der Waals surface area contributed by atoms with Gasteiger partial charge < -0.3 is 15.4 Å². The van der Waals surface area contributed by atoms with Gasteiger partial charge >= 0.3 is 0 Å². The molecule has 1 fully saturated rings. The van der Waals surface area contributed by atoms with Crippen LogP contribution in [0.25, 0.3) is 0 Å². The number of hydrogen-bond donors (Lipinski definition) is 1. The van der Waals surface area contributed by atoms with Crippen LogP contribution < -0.4 is 10.6 Å². The number of ether oxygens (including phenoxy) is 1. The van der Waals surface area contributed by atoms with E-state index in [-0.39, 0.29) is 6.04 Å². The molecule has 0 spiro atoms. The van der Waals surface area contributed by atoms with E-state index in [2.05, 4.69) is 46.0 Å².